The largest absolute Gasteiger partial charge is 0.493 e. The van der Waals surface area contributed by atoms with Crippen molar-refractivity contribution in [3.8, 4) is 11.5 Å². The molecule has 1 saturated heterocycles. The van der Waals surface area contributed by atoms with Gasteiger partial charge in [0.2, 0.25) is 0 Å². The molecule has 1 heterocycles. The maximum Gasteiger partial charge on any atom is 0.161 e. The molecular formula is C18H30N2O3S. The topological polar surface area (TPSA) is 54.0 Å². The van der Waals surface area contributed by atoms with Gasteiger partial charge in [0.05, 0.1) is 7.11 Å². The number of nitrogens with one attached hydrogen (secondary N) is 1. The van der Waals surface area contributed by atoms with Crippen LogP contribution in [0.1, 0.15) is 18.4 Å². The summed E-state index contributed by atoms with van der Waals surface area (Å²) in [5, 5.41) is 13.6. The van der Waals surface area contributed by atoms with Crippen molar-refractivity contribution in [1.29, 1.82) is 0 Å². The number of methoxy groups -OCH3 is 1. The van der Waals surface area contributed by atoms with E-state index in [1.807, 2.05) is 30.0 Å². The van der Waals surface area contributed by atoms with Gasteiger partial charge in [-0.25, -0.2) is 0 Å². The molecule has 0 radical (unpaired) electrons. The zero-order chi connectivity index (χ0) is 17.2. The first-order valence-corrected chi connectivity index (χ1v) is 10.0. The third kappa shape index (κ3) is 6.51. The molecule has 24 heavy (non-hydrogen) atoms. The highest BCUT2D eigenvalue weighted by atomic mass is 32.2. The number of nitrogens with zero attached hydrogens (tertiary/aromatic N) is 1. The molecule has 0 bridgehead atoms. The molecule has 5 nitrogen and oxygen atoms in total. The normalized spacial score (nSPS) is 16.3. The molecule has 1 atom stereocenters. The summed E-state index contributed by atoms with van der Waals surface area (Å²) in [6, 6.07) is 5.96. The summed E-state index contributed by atoms with van der Waals surface area (Å²) in [7, 11) is 1.64. The number of ether oxygens (including phenoxy) is 2. The first kappa shape index (κ1) is 19.4. The fraction of sp³-hybridized carbons (Fsp3) is 0.667. The molecule has 6 heteroatoms. The monoisotopic (exact) mass is 354 g/mol. The maximum absolute atomic E-state index is 10.2. The quantitative estimate of drug-likeness (QED) is 0.593. The molecule has 2 N–H and O–H groups in total. The Morgan fingerprint density at radius 3 is 2.79 bits per heavy atom. The zero-order valence-corrected chi connectivity index (χ0v) is 15.6. The second-order valence-electron chi connectivity index (χ2n) is 6.13. The summed E-state index contributed by atoms with van der Waals surface area (Å²) in [5.41, 5.74) is 1.15. The molecule has 1 aromatic rings. The van der Waals surface area contributed by atoms with Gasteiger partial charge in [0.25, 0.3) is 0 Å². The number of rotatable bonds is 11. The first-order chi connectivity index (χ1) is 11.7. The number of benzene rings is 1. The molecule has 0 aliphatic carbocycles. The van der Waals surface area contributed by atoms with Crippen molar-refractivity contribution < 1.29 is 14.6 Å². The summed E-state index contributed by atoms with van der Waals surface area (Å²) in [6.07, 6.45) is 4.09. The minimum Gasteiger partial charge on any atom is -0.493 e. The van der Waals surface area contributed by atoms with Crippen LogP contribution in [0.5, 0.6) is 11.5 Å². The second kappa shape index (κ2) is 10.8. The van der Waals surface area contributed by atoms with E-state index in [1.165, 1.54) is 12.8 Å². The van der Waals surface area contributed by atoms with Crippen LogP contribution >= 0.6 is 11.8 Å². The van der Waals surface area contributed by atoms with Crippen molar-refractivity contribution in [2.45, 2.75) is 25.5 Å². The first-order valence-electron chi connectivity index (χ1n) is 8.62. The van der Waals surface area contributed by atoms with Crippen molar-refractivity contribution in [3.63, 3.8) is 0 Å². The average Bonchev–Trinajstić information content (AvgIpc) is 3.10. The predicted molar refractivity (Wildman–Crippen MR) is 100 cm³/mol. The summed E-state index contributed by atoms with van der Waals surface area (Å²) >= 11 is 1.83. The molecule has 2 rings (SSSR count). The van der Waals surface area contributed by atoms with Crippen LogP contribution in [0.15, 0.2) is 18.2 Å². The van der Waals surface area contributed by atoms with E-state index in [4.69, 9.17) is 9.47 Å². The molecule has 0 unspecified atom stereocenters. The highest BCUT2D eigenvalue weighted by molar-refractivity contribution is 7.98. The van der Waals surface area contributed by atoms with Crippen LogP contribution in [0.4, 0.5) is 0 Å². The van der Waals surface area contributed by atoms with Crippen LogP contribution in [-0.4, -0.2) is 68.0 Å². The highest BCUT2D eigenvalue weighted by Gasteiger charge is 2.17. The van der Waals surface area contributed by atoms with Gasteiger partial charge in [-0.15, -0.1) is 0 Å². The fourth-order valence-electron chi connectivity index (χ4n) is 2.85. The summed E-state index contributed by atoms with van der Waals surface area (Å²) in [6.45, 7) is 4.92. The van der Waals surface area contributed by atoms with Gasteiger partial charge in [0.1, 0.15) is 12.7 Å². The van der Waals surface area contributed by atoms with Crippen LogP contribution < -0.4 is 14.8 Å². The van der Waals surface area contributed by atoms with Crippen molar-refractivity contribution in [2.75, 3.05) is 51.9 Å². The van der Waals surface area contributed by atoms with Crippen LogP contribution in [-0.2, 0) is 6.54 Å². The number of likely N-dealkylation sites (tertiary alicyclic amines) is 1. The van der Waals surface area contributed by atoms with E-state index in [9.17, 15) is 5.11 Å². The van der Waals surface area contributed by atoms with Gasteiger partial charge in [0.15, 0.2) is 11.5 Å². The Bertz CT molecular complexity index is 481. The van der Waals surface area contributed by atoms with Crippen molar-refractivity contribution >= 4 is 11.8 Å². The molecule has 0 amide bonds. The SMILES string of the molecule is COc1ccc(CNCCSC)cc1OC[C@@H](O)CN1CCCC1. The number of hydrogen-bond donors (Lipinski definition) is 2. The van der Waals surface area contributed by atoms with Gasteiger partial charge < -0.3 is 24.8 Å². The lowest BCUT2D eigenvalue weighted by Crippen LogP contribution is -2.33. The Kier molecular flexibility index (Phi) is 8.74. The van der Waals surface area contributed by atoms with E-state index >= 15 is 0 Å². The molecule has 1 fully saturated rings. The highest BCUT2D eigenvalue weighted by Crippen LogP contribution is 2.28. The second-order valence-corrected chi connectivity index (χ2v) is 7.11. The van der Waals surface area contributed by atoms with Crippen LogP contribution in [0.2, 0.25) is 0 Å². The van der Waals surface area contributed by atoms with Crippen molar-refractivity contribution in [2.24, 2.45) is 0 Å². The number of hydrogen-bond acceptors (Lipinski definition) is 6. The number of aliphatic hydroxyl groups is 1. The standard InChI is InChI=1S/C18H30N2O3S/c1-22-17-6-5-15(12-19-7-10-24-2)11-18(17)23-14-16(21)13-20-8-3-4-9-20/h5-6,11,16,19,21H,3-4,7-10,12-14H2,1-2H3/t16-/m0/s1. The molecule has 0 saturated carbocycles. The van der Waals surface area contributed by atoms with Gasteiger partial charge in [0, 0.05) is 25.4 Å². The van der Waals surface area contributed by atoms with E-state index in [1.54, 1.807) is 7.11 Å². The van der Waals surface area contributed by atoms with E-state index in [-0.39, 0.29) is 6.61 Å². The summed E-state index contributed by atoms with van der Waals surface area (Å²) in [5.74, 6) is 2.50. The molecule has 0 spiro atoms. The van der Waals surface area contributed by atoms with Gasteiger partial charge >= 0.3 is 0 Å². The number of thioether (sulfide) groups is 1. The van der Waals surface area contributed by atoms with Crippen LogP contribution in [0.25, 0.3) is 0 Å². The van der Waals surface area contributed by atoms with Gasteiger partial charge in [-0.2, -0.15) is 11.8 Å². The summed E-state index contributed by atoms with van der Waals surface area (Å²) in [4.78, 5) is 2.29. The average molecular weight is 355 g/mol. The molecule has 1 aliphatic heterocycles. The lowest BCUT2D eigenvalue weighted by atomic mass is 10.2. The third-order valence-electron chi connectivity index (χ3n) is 4.14. The fourth-order valence-corrected chi connectivity index (χ4v) is 3.20. The smallest absolute Gasteiger partial charge is 0.161 e. The Morgan fingerprint density at radius 1 is 1.29 bits per heavy atom. The predicted octanol–water partition coefficient (Wildman–Crippen LogP) is 1.98. The Morgan fingerprint density at radius 2 is 2.08 bits per heavy atom. The van der Waals surface area contributed by atoms with Crippen LogP contribution in [0.3, 0.4) is 0 Å². The Labute approximate surface area is 149 Å². The van der Waals surface area contributed by atoms with E-state index in [0.29, 0.717) is 18.0 Å². The third-order valence-corrected chi connectivity index (χ3v) is 4.75. The van der Waals surface area contributed by atoms with E-state index in [2.05, 4.69) is 16.5 Å². The molecular weight excluding hydrogens is 324 g/mol. The van der Waals surface area contributed by atoms with Gasteiger partial charge in [-0.3, -0.25) is 0 Å². The van der Waals surface area contributed by atoms with Gasteiger partial charge in [-0.05, 0) is 49.9 Å². The van der Waals surface area contributed by atoms with Crippen molar-refractivity contribution in [3.05, 3.63) is 23.8 Å². The molecule has 136 valence electrons. The van der Waals surface area contributed by atoms with Crippen LogP contribution in [0, 0.1) is 0 Å². The molecule has 0 aromatic heterocycles. The lowest BCUT2D eigenvalue weighted by molar-refractivity contribution is 0.0746. The number of β-amino-alcohol motifs (C(OH)–C–C–N with tert-alkyl or cyclic N) is 1. The van der Waals surface area contributed by atoms with Crippen molar-refractivity contribution in [1.82, 2.24) is 10.2 Å². The summed E-state index contributed by atoms with van der Waals surface area (Å²) < 4.78 is 11.2. The number of aliphatic hydroxyl groups excluding tert-OH is 1. The van der Waals surface area contributed by atoms with E-state index < -0.39 is 6.10 Å². The molecule has 1 aliphatic rings. The Balaban J connectivity index is 1.84. The van der Waals surface area contributed by atoms with E-state index in [0.717, 1.165) is 37.5 Å². The minimum atomic E-state index is -0.476. The Hall–Kier alpha value is -0.950. The lowest BCUT2D eigenvalue weighted by Gasteiger charge is -2.20. The zero-order valence-electron chi connectivity index (χ0n) is 14.8. The van der Waals surface area contributed by atoms with Gasteiger partial charge in [-0.1, -0.05) is 6.07 Å². The molecule has 1 aromatic carbocycles. The minimum absolute atomic E-state index is 0.288. The maximum atomic E-state index is 10.2.